The Hall–Kier alpha value is -5.30. The molecule has 5 heterocycles. The van der Waals surface area contributed by atoms with Gasteiger partial charge in [0.05, 0.1) is 0 Å². The van der Waals surface area contributed by atoms with Crippen LogP contribution >= 0.6 is 15.2 Å². The number of rotatable bonds is 2. The molecule has 4 aromatic heterocycles. The molecule has 0 amide bonds. The van der Waals surface area contributed by atoms with Crippen LogP contribution in [0.4, 0.5) is 22.7 Å². The average molecular weight is 815 g/mol. The molecular formula is C47H48N10P2. The molecule has 2 saturated carbocycles. The van der Waals surface area contributed by atoms with Crippen LogP contribution in [0.2, 0.25) is 0 Å². The van der Waals surface area contributed by atoms with Gasteiger partial charge in [-0.25, -0.2) is 0 Å². The quantitative estimate of drug-likeness (QED) is 0.157. The zero-order valence-corrected chi connectivity index (χ0v) is 35.8. The maximum absolute atomic E-state index is 4.93. The number of aromatic nitrogens is 8. The molecule has 2 fully saturated rings. The summed E-state index contributed by atoms with van der Waals surface area (Å²) in [6, 6.07) is 19.2. The van der Waals surface area contributed by atoms with Crippen molar-refractivity contribution in [3.63, 3.8) is 0 Å². The number of hydrogen-bond acceptors (Lipinski definition) is 10. The van der Waals surface area contributed by atoms with Crippen LogP contribution < -0.4 is 31.0 Å². The van der Waals surface area contributed by atoms with Gasteiger partial charge in [0.15, 0.2) is 0 Å². The van der Waals surface area contributed by atoms with Crippen molar-refractivity contribution in [2.45, 2.75) is 75.5 Å². The minimum absolute atomic E-state index is 0.484. The summed E-state index contributed by atoms with van der Waals surface area (Å²) in [4.78, 5) is 42.8. The molecule has 8 aromatic rings. The molecule has 59 heavy (non-hydrogen) atoms. The average Bonchev–Trinajstić information content (AvgIpc) is 3.30. The third-order valence-corrected chi connectivity index (χ3v) is 22.1. The van der Waals surface area contributed by atoms with E-state index < -0.39 is 15.2 Å². The molecule has 0 spiro atoms. The third kappa shape index (κ3) is 6.13. The SMILES string of the molecule is CN1c2cc3ncncc3cc2P(C2CCCCC2)c2cc3ncncc3cc2N(C)c2cc3cncnc3cc2[PH](C)(C2CCCCC2)c2cc3cncnc3cc21. The van der Waals surface area contributed by atoms with E-state index in [2.05, 4.69) is 99.0 Å². The maximum atomic E-state index is 4.93. The molecule has 0 bridgehead atoms. The van der Waals surface area contributed by atoms with Crippen LogP contribution in [0.25, 0.3) is 43.6 Å². The van der Waals surface area contributed by atoms with Crippen LogP contribution in [0.3, 0.4) is 0 Å². The molecule has 0 N–H and O–H groups in total. The van der Waals surface area contributed by atoms with Gasteiger partial charge in [0.25, 0.3) is 0 Å². The van der Waals surface area contributed by atoms with Crippen molar-refractivity contribution in [1.82, 2.24) is 39.9 Å². The van der Waals surface area contributed by atoms with Gasteiger partial charge >= 0.3 is 347 Å². The topological polar surface area (TPSA) is 110 Å². The van der Waals surface area contributed by atoms with E-state index in [-0.39, 0.29) is 0 Å². The Bertz CT molecular complexity index is 2730. The first-order chi connectivity index (χ1) is 29.0. The number of hydrogen-bond donors (Lipinski definition) is 0. The van der Waals surface area contributed by atoms with Gasteiger partial charge in [0.2, 0.25) is 0 Å². The molecule has 2 aliphatic carbocycles. The van der Waals surface area contributed by atoms with Crippen LogP contribution in [0, 0.1) is 0 Å². The first kappa shape index (κ1) is 36.8. The summed E-state index contributed by atoms with van der Waals surface area (Å²) in [6.45, 7) is 2.65. The molecule has 12 heteroatoms. The first-order valence-corrected chi connectivity index (χ1v) is 25.2. The monoisotopic (exact) mass is 814 g/mol. The fourth-order valence-corrected chi connectivity index (χ4v) is 19.3. The molecule has 296 valence electrons. The van der Waals surface area contributed by atoms with Gasteiger partial charge in [-0.15, -0.1) is 0 Å². The van der Waals surface area contributed by atoms with Crippen molar-refractivity contribution in [1.29, 1.82) is 0 Å². The Kier molecular flexibility index (Phi) is 9.19. The van der Waals surface area contributed by atoms with Crippen molar-refractivity contribution in [3.8, 4) is 0 Å². The molecular weight excluding hydrogens is 767 g/mol. The summed E-state index contributed by atoms with van der Waals surface area (Å²) < 4.78 is 0. The van der Waals surface area contributed by atoms with E-state index in [1.165, 1.54) is 108 Å². The van der Waals surface area contributed by atoms with Crippen LogP contribution in [-0.4, -0.2) is 71.9 Å². The summed E-state index contributed by atoms with van der Waals surface area (Å²) in [5.41, 5.74) is 9.72. The van der Waals surface area contributed by atoms with Crippen LogP contribution in [0.15, 0.2) is 98.6 Å². The van der Waals surface area contributed by atoms with Crippen molar-refractivity contribution in [3.05, 3.63) is 98.6 Å². The molecule has 11 rings (SSSR count). The Morgan fingerprint density at radius 1 is 0.475 bits per heavy atom. The van der Waals surface area contributed by atoms with E-state index >= 15 is 0 Å². The van der Waals surface area contributed by atoms with E-state index in [1.807, 2.05) is 24.8 Å². The Morgan fingerprint density at radius 3 is 1.51 bits per heavy atom. The molecule has 4 aromatic carbocycles. The van der Waals surface area contributed by atoms with Crippen LogP contribution in [0.5, 0.6) is 0 Å². The van der Waals surface area contributed by atoms with Crippen molar-refractivity contribution in [2.75, 3.05) is 30.6 Å². The van der Waals surface area contributed by atoms with Gasteiger partial charge in [-0.05, 0) is 0 Å². The fourth-order valence-electron chi connectivity index (χ4n) is 10.7. The van der Waals surface area contributed by atoms with Crippen LogP contribution in [-0.2, 0) is 0 Å². The second-order valence-corrected chi connectivity index (χ2v) is 23.8. The summed E-state index contributed by atoms with van der Waals surface area (Å²) in [5.74, 6) is 0. The van der Waals surface area contributed by atoms with Gasteiger partial charge in [-0.2, -0.15) is 0 Å². The van der Waals surface area contributed by atoms with Gasteiger partial charge in [-0.3, -0.25) is 0 Å². The van der Waals surface area contributed by atoms with Gasteiger partial charge < -0.3 is 0 Å². The zero-order valence-electron chi connectivity index (χ0n) is 33.9. The molecule has 0 saturated heterocycles. The molecule has 10 nitrogen and oxygen atoms in total. The second kappa shape index (κ2) is 14.8. The predicted octanol–water partition coefficient (Wildman–Crippen LogP) is 8.74. The summed E-state index contributed by atoms with van der Waals surface area (Å²) in [6.07, 6.45) is 27.0. The van der Waals surface area contributed by atoms with E-state index in [1.54, 1.807) is 25.3 Å². The summed E-state index contributed by atoms with van der Waals surface area (Å²) in [5, 5.41) is 9.78. The van der Waals surface area contributed by atoms with Gasteiger partial charge in [0, 0.05) is 0 Å². The second-order valence-electron chi connectivity index (χ2n) is 17.1. The van der Waals surface area contributed by atoms with Crippen LogP contribution in [0.1, 0.15) is 64.2 Å². The predicted molar refractivity (Wildman–Crippen MR) is 248 cm³/mol. The molecule has 1 atom stereocenters. The Labute approximate surface area is 346 Å². The summed E-state index contributed by atoms with van der Waals surface area (Å²) in [7, 11) is 0.944. The van der Waals surface area contributed by atoms with Gasteiger partial charge in [0.1, 0.15) is 0 Å². The third-order valence-electron chi connectivity index (χ3n) is 13.9. The van der Waals surface area contributed by atoms with E-state index in [0.29, 0.717) is 11.3 Å². The molecule has 1 unspecified atom stereocenters. The number of nitrogens with zero attached hydrogens (tertiary/aromatic N) is 10. The van der Waals surface area contributed by atoms with Gasteiger partial charge in [-0.1, -0.05) is 0 Å². The van der Waals surface area contributed by atoms with Crippen molar-refractivity contribution < 1.29 is 0 Å². The van der Waals surface area contributed by atoms with Crippen molar-refractivity contribution in [2.24, 2.45) is 0 Å². The fraction of sp³-hybridized carbons (Fsp3) is 0.319. The number of benzene rings is 4. The standard InChI is InChI=1S/C47H48N10P2/c1-56-40-14-30-22-48-28-54-38(30)20-45(40)58(34-10-6-4-7-11-34)44-16-32-24-50-26-52-36(32)18-41(44)57(2)43-19-37-33(25-51-27-53-37)17-46(43)59(3,35-12-8-5-9-13-35)47-21-39-31(15-42(47)56)23-49-29-55-39/h14-29,34-35,59H,4-13H2,1-3H3. The normalized spacial score (nSPS) is 19.4. The van der Waals surface area contributed by atoms with Crippen molar-refractivity contribution >= 4 is 103 Å². The Morgan fingerprint density at radius 2 is 0.898 bits per heavy atom. The molecule has 1 aliphatic heterocycles. The van der Waals surface area contributed by atoms with E-state index in [0.717, 1.165) is 43.6 Å². The number of anilines is 4. The minimum atomic E-state index is -2.71. The molecule has 3 aliphatic rings. The Balaban J connectivity index is 1.33. The van der Waals surface area contributed by atoms with E-state index in [9.17, 15) is 0 Å². The zero-order chi connectivity index (χ0) is 39.7. The molecule has 0 radical (unpaired) electrons. The number of fused-ring (bicyclic) bond motifs is 8. The van der Waals surface area contributed by atoms with E-state index in [4.69, 9.17) is 19.9 Å². The summed E-state index contributed by atoms with van der Waals surface area (Å²) >= 11 is 0. The first-order valence-electron chi connectivity index (χ1n) is 21.2.